The van der Waals surface area contributed by atoms with Crippen molar-refractivity contribution in [3.05, 3.63) is 24.0 Å². The molecule has 11 heteroatoms. The maximum atomic E-state index is 13.9. The number of sulfonamides is 2. The molecule has 8 nitrogen and oxygen atoms in total. The van der Waals surface area contributed by atoms with E-state index in [1.165, 1.54) is 0 Å². The summed E-state index contributed by atoms with van der Waals surface area (Å²) in [4.78, 5) is 10.6. The van der Waals surface area contributed by atoms with Gasteiger partial charge in [-0.25, -0.2) is 21.2 Å². The van der Waals surface area contributed by atoms with Crippen LogP contribution in [0.25, 0.3) is 0 Å². The first-order valence-electron chi connectivity index (χ1n) is 6.84. The van der Waals surface area contributed by atoms with Crippen LogP contribution in [0.4, 0.5) is 10.1 Å². The number of halogens is 1. The zero-order valence-electron chi connectivity index (χ0n) is 13.3. The summed E-state index contributed by atoms with van der Waals surface area (Å²) in [6.45, 7) is 3.46. The van der Waals surface area contributed by atoms with Gasteiger partial charge < -0.3 is 5.11 Å². The monoisotopic (exact) mass is 382 g/mol. The number of hydrogen-bond donors (Lipinski definition) is 3. The molecule has 0 amide bonds. The summed E-state index contributed by atoms with van der Waals surface area (Å²) >= 11 is 0. The lowest BCUT2D eigenvalue weighted by Gasteiger charge is -2.17. The molecule has 1 aromatic rings. The molecule has 0 aliphatic carbocycles. The Balaban J connectivity index is 3.10. The highest BCUT2D eigenvalue weighted by Gasteiger charge is 2.26. The van der Waals surface area contributed by atoms with E-state index >= 15 is 0 Å². The zero-order chi connectivity index (χ0) is 18.7. The third kappa shape index (κ3) is 6.06. The van der Waals surface area contributed by atoms with Gasteiger partial charge in [0.2, 0.25) is 20.0 Å². The van der Waals surface area contributed by atoms with Crippen molar-refractivity contribution in [1.82, 2.24) is 4.72 Å². The van der Waals surface area contributed by atoms with Crippen LogP contribution in [-0.4, -0.2) is 40.2 Å². The van der Waals surface area contributed by atoms with E-state index < -0.39 is 48.5 Å². The molecule has 0 radical (unpaired) electrons. The normalized spacial score (nSPS) is 13.7. The van der Waals surface area contributed by atoms with Crippen LogP contribution in [0, 0.1) is 11.7 Å². The van der Waals surface area contributed by atoms with Gasteiger partial charge in [-0.1, -0.05) is 13.8 Å². The minimum Gasteiger partial charge on any atom is -0.480 e. The first-order chi connectivity index (χ1) is 10.8. The second kappa shape index (κ2) is 7.45. The van der Waals surface area contributed by atoms with E-state index in [0.717, 1.165) is 18.4 Å². The van der Waals surface area contributed by atoms with E-state index in [2.05, 4.69) is 0 Å². The number of carboxylic acid groups (broad SMARTS) is 1. The van der Waals surface area contributed by atoms with E-state index in [9.17, 15) is 26.0 Å². The Morgan fingerprint density at radius 1 is 1.25 bits per heavy atom. The Morgan fingerprint density at radius 2 is 1.83 bits per heavy atom. The van der Waals surface area contributed by atoms with Crippen LogP contribution in [0.1, 0.15) is 20.3 Å². The average Bonchev–Trinajstić information content (AvgIpc) is 2.37. The summed E-state index contributed by atoms with van der Waals surface area (Å²) in [5, 5.41) is 9.08. The Kier molecular flexibility index (Phi) is 6.31. The molecule has 0 aromatic heterocycles. The summed E-state index contributed by atoms with van der Waals surface area (Å²) < 4.78 is 64.3. The van der Waals surface area contributed by atoms with Gasteiger partial charge in [-0.2, -0.15) is 4.72 Å². The molecule has 0 saturated heterocycles. The van der Waals surface area contributed by atoms with Gasteiger partial charge in [-0.15, -0.1) is 0 Å². The number of carbonyl (C=O) groups is 1. The molecular formula is C13H19FN2O6S2. The fourth-order valence-electron chi connectivity index (χ4n) is 1.87. The minimum absolute atomic E-state index is 0.0603. The Morgan fingerprint density at radius 3 is 2.25 bits per heavy atom. The fourth-order valence-corrected chi connectivity index (χ4v) is 3.65. The largest absolute Gasteiger partial charge is 0.480 e. The highest BCUT2D eigenvalue weighted by molar-refractivity contribution is 7.92. The summed E-state index contributed by atoms with van der Waals surface area (Å²) in [6, 6.07) is 1.19. The van der Waals surface area contributed by atoms with Gasteiger partial charge in [0.1, 0.15) is 11.9 Å². The average molecular weight is 382 g/mol. The second-order valence-electron chi connectivity index (χ2n) is 5.66. The molecule has 0 aliphatic heterocycles. The molecule has 0 spiro atoms. The Labute approximate surface area is 140 Å². The maximum absolute atomic E-state index is 13.9. The van der Waals surface area contributed by atoms with E-state index in [-0.39, 0.29) is 12.3 Å². The molecule has 1 rings (SSSR count). The van der Waals surface area contributed by atoms with Crippen LogP contribution in [0.3, 0.4) is 0 Å². The smallest absolute Gasteiger partial charge is 0.321 e. The van der Waals surface area contributed by atoms with Crippen molar-refractivity contribution in [3.8, 4) is 0 Å². The number of anilines is 1. The first kappa shape index (κ1) is 20.3. The lowest BCUT2D eigenvalue weighted by Crippen LogP contribution is -2.41. The predicted octanol–water partition coefficient (Wildman–Crippen LogP) is 0.975. The molecule has 1 atom stereocenters. The lowest BCUT2D eigenvalue weighted by molar-refractivity contribution is -0.139. The van der Waals surface area contributed by atoms with E-state index in [4.69, 9.17) is 5.11 Å². The summed E-state index contributed by atoms with van der Waals surface area (Å²) in [7, 11) is -8.01. The molecule has 1 aromatic carbocycles. The number of carboxylic acids is 1. The Hall–Kier alpha value is -1.72. The minimum atomic E-state index is -4.28. The topological polar surface area (TPSA) is 130 Å². The molecule has 136 valence electrons. The molecule has 0 aliphatic rings. The SMILES string of the molecule is CC(C)CC(NS(=O)(=O)c1ccc(NS(C)(=O)=O)c(F)c1)C(=O)O. The molecule has 3 N–H and O–H groups in total. The van der Waals surface area contributed by atoms with Crippen molar-refractivity contribution in [2.45, 2.75) is 31.2 Å². The number of benzene rings is 1. The van der Waals surface area contributed by atoms with Crippen LogP contribution in [0.15, 0.2) is 23.1 Å². The number of aliphatic carboxylic acids is 1. The van der Waals surface area contributed by atoms with Gasteiger partial charge in [-0.05, 0) is 30.5 Å². The number of hydrogen-bond acceptors (Lipinski definition) is 5. The highest BCUT2D eigenvalue weighted by Crippen LogP contribution is 2.20. The molecular weight excluding hydrogens is 363 g/mol. The van der Waals surface area contributed by atoms with Crippen molar-refractivity contribution in [2.75, 3.05) is 11.0 Å². The first-order valence-corrected chi connectivity index (χ1v) is 10.2. The van der Waals surface area contributed by atoms with Gasteiger partial charge in [-0.3, -0.25) is 9.52 Å². The van der Waals surface area contributed by atoms with Crippen molar-refractivity contribution >= 4 is 31.7 Å². The van der Waals surface area contributed by atoms with Gasteiger partial charge >= 0.3 is 5.97 Å². The van der Waals surface area contributed by atoms with Crippen LogP contribution in [0.2, 0.25) is 0 Å². The van der Waals surface area contributed by atoms with E-state index in [1.807, 2.05) is 9.44 Å². The van der Waals surface area contributed by atoms with Crippen LogP contribution in [-0.2, 0) is 24.8 Å². The van der Waals surface area contributed by atoms with Crippen LogP contribution in [0.5, 0.6) is 0 Å². The third-order valence-electron chi connectivity index (χ3n) is 2.85. The molecule has 1 unspecified atom stereocenters. The summed E-state index contributed by atoms with van der Waals surface area (Å²) in [5.74, 6) is -2.52. The summed E-state index contributed by atoms with van der Waals surface area (Å²) in [5.41, 5.74) is -0.409. The predicted molar refractivity (Wildman–Crippen MR) is 86.1 cm³/mol. The standard InChI is InChI=1S/C13H19FN2O6S2/c1-8(2)6-12(13(17)18)16-24(21,22)9-4-5-11(10(14)7-9)15-23(3,19)20/h4-5,7-8,12,15-16H,6H2,1-3H3,(H,17,18). The highest BCUT2D eigenvalue weighted by atomic mass is 32.2. The van der Waals surface area contributed by atoms with E-state index in [0.29, 0.717) is 6.07 Å². The van der Waals surface area contributed by atoms with Gasteiger partial charge in [0, 0.05) is 0 Å². The lowest BCUT2D eigenvalue weighted by atomic mass is 10.1. The second-order valence-corrected chi connectivity index (χ2v) is 9.12. The van der Waals surface area contributed by atoms with Gasteiger partial charge in [0.15, 0.2) is 0 Å². The van der Waals surface area contributed by atoms with Crippen molar-refractivity contribution in [2.24, 2.45) is 5.92 Å². The molecule has 24 heavy (non-hydrogen) atoms. The zero-order valence-corrected chi connectivity index (χ0v) is 14.9. The van der Waals surface area contributed by atoms with Crippen LogP contribution >= 0.6 is 0 Å². The van der Waals surface area contributed by atoms with Gasteiger partial charge in [0.05, 0.1) is 16.8 Å². The number of rotatable bonds is 8. The van der Waals surface area contributed by atoms with Crippen molar-refractivity contribution in [3.63, 3.8) is 0 Å². The number of nitrogens with one attached hydrogen (secondary N) is 2. The maximum Gasteiger partial charge on any atom is 0.321 e. The van der Waals surface area contributed by atoms with Crippen molar-refractivity contribution in [1.29, 1.82) is 0 Å². The van der Waals surface area contributed by atoms with E-state index in [1.54, 1.807) is 13.8 Å². The van der Waals surface area contributed by atoms with Gasteiger partial charge in [0.25, 0.3) is 0 Å². The molecule has 0 saturated carbocycles. The quantitative estimate of drug-likeness (QED) is 0.614. The third-order valence-corrected chi connectivity index (χ3v) is 4.91. The van der Waals surface area contributed by atoms with Crippen molar-refractivity contribution < 1.29 is 31.1 Å². The fraction of sp³-hybridized carbons (Fsp3) is 0.462. The van der Waals surface area contributed by atoms with Crippen LogP contribution < -0.4 is 9.44 Å². The molecule has 0 bridgehead atoms. The molecule has 0 heterocycles. The molecule has 0 fully saturated rings. The Bertz CT molecular complexity index is 821. The summed E-state index contributed by atoms with van der Waals surface area (Å²) in [6.07, 6.45) is 0.882.